The van der Waals surface area contributed by atoms with Gasteiger partial charge in [-0.1, -0.05) is 0 Å². The normalized spacial score (nSPS) is 17.1. The molecule has 5 nitrogen and oxygen atoms in total. The fourth-order valence-electron chi connectivity index (χ4n) is 1.34. The topological polar surface area (TPSA) is 78.4 Å². The lowest BCUT2D eigenvalue weighted by Crippen LogP contribution is -2.36. The van der Waals surface area contributed by atoms with Gasteiger partial charge in [-0.15, -0.1) is 0 Å². The number of carboxylic acid groups (broad SMARTS) is 1. The summed E-state index contributed by atoms with van der Waals surface area (Å²) in [5.74, 6) is -0.976. The van der Waals surface area contributed by atoms with E-state index < -0.39 is 5.97 Å². The van der Waals surface area contributed by atoms with Gasteiger partial charge in [-0.25, -0.2) is 0 Å². The Kier molecular flexibility index (Phi) is 4.55. The summed E-state index contributed by atoms with van der Waals surface area (Å²) in [6, 6.07) is 0.310. The number of rotatable bonds is 7. The van der Waals surface area contributed by atoms with Gasteiger partial charge in [0.15, 0.2) is 0 Å². The number of carboxylic acids is 1. The Balaban J connectivity index is 2.02. The van der Waals surface area contributed by atoms with E-state index >= 15 is 0 Å². The molecule has 0 aliphatic heterocycles. The highest BCUT2D eigenvalue weighted by atomic mass is 16.4. The maximum atomic E-state index is 11.3. The van der Waals surface area contributed by atoms with Gasteiger partial charge >= 0.3 is 5.97 Å². The summed E-state index contributed by atoms with van der Waals surface area (Å²) >= 11 is 0. The van der Waals surface area contributed by atoms with E-state index in [2.05, 4.69) is 10.6 Å². The largest absolute Gasteiger partial charge is 0.481 e. The number of hydrogen-bond acceptors (Lipinski definition) is 3. The van der Waals surface area contributed by atoms with Gasteiger partial charge in [-0.2, -0.15) is 0 Å². The van der Waals surface area contributed by atoms with Crippen LogP contribution in [0.15, 0.2) is 0 Å². The Hall–Kier alpha value is -1.10. The monoisotopic (exact) mass is 214 g/mol. The molecule has 0 aromatic rings. The summed E-state index contributed by atoms with van der Waals surface area (Å²) in [5, 5.41) is 14.4. The zero-order valence-corrected chi connectivity index (χ0v) is 8.95. The Morgan fingerprint density at radius 1 is 1.47 bits per heavy atom. The summed E-state index contributed by atoms with van der Waals surface area (Å²) in [6.07, 6.45) is 2.80. The molecule has 0 radical (unpaired) electrons. The molecular formula is C10H18N2O3. The quantitative estimate of drug-likeness (QED) is 0.562. The maximum absolute atomic E-state index is 11.3. The molecule has 0 bridgehead atoms. The van der Waals surface area contributed by atoms with E-state index in [1.165, 1.54) is 12.8 Å². The Morgan fingerprint density at radius 2 is 2.13 bits per heavy atom. The maximum Gasteiger partial charge on any atom is 0.305 e. The molecule has 3 N–H and O–H groups in total. The number of carbonyl (C=O) groups excluding carboxylic acids is 1. The van der Waals surface area contributed by atoms with Gasteiger partial charge in [0.1, 0.15) is 0 Å². The van der Waals surface area contributed by atoms with Crippen molar-refractivity contribution in [2.45, 2.75) is 44.7 Å². The molecule has 0 aromatic carbocycles. The number of nitrogens with one attached hydrogen (secondary N) is 2. The van der Waals surface area contributed by atoms with Crippen molar-refractivity contribution in [2.75, 3.05) is 6.54 Å². The van der Waals surface area contributed by atoms with E-state index in [1.807, 2.05) is 0 Å². The third kappa shape index (κ3) is 6.06. The smallest absolute Gasteiger partial charge is 0.305 e. The molecule has 1 fully saturated rings. The second kappa shape index (κ2) is 5.70. The van der Waals surface area contributed by atoms with Crippen molar-refractivity contribution in [3.8, 4) is 0 Å². The lowest BCUT2D eigenvalue weighted by atomic mass is 10.2. The van der Waals surface area contributed by atoms with Crippen molar-refractivity contribution >= 4 is 11.9 Å². The van der Waals surface area contributed by atoms with Crippen LogP contribution in [0.3, 0.4) is 0 Å². The van der Waals surface area contributed by atoms with Gasteiger partial charge in [-0.05, 0) is 19.8 Å². The molecule has 1 aliphatic carbocycles. The fraction of sp³-hybridized carbons (Fsp3) is 0.800. The third-order valence-corrected chi connectivity index (χ3v) is 2.25. The minimum atomic E-state index is -0.890. The summed E-state index contributed by atoms with van der Waals surface area (Å²) in [7, 11) is 0. The first kappa shape index (κ1) is 12.0. The highest BCUT2D eigenvalue weighted by molar-refractivity contribution is 5.77. The van der Waals surface area contributed by atoms with Crippen LogP contribution in [0.25, 0.3) is 0 Å². The van der Waals surface area contributed by atoms with Crippen molar-refractivity contribution < 1.29 is 14.7 Å². The first-order valence-electron chi connectivity index (χ1n) is 5.32. The molecule has 1 saturated carbocycles. The molecule has 0 aromatic heterocycles. The minimum Gasteiger partial charge on any atom is -0.481 e. The predicted octanol–water partition coefficient (Wildman–Crippen LogP) is 0.108. The second-order valence-electron chi connectivity index (χ2n) is 4.04. The minimum absolute atomic E-state index is 0.0260. The van der Waals surface area contributed by atoms with Crippen LogP contribution in [0.4, 0.5) is 0 Å². The van der Waals surface area contributed by atoms with Crippen LogP contribution in [-0.2, 0) is 9.59 Å². The van der Waals surface area contributed by atoms with E-state index in [1.54, 1.807) is 6.92 Å². The first-order chi connectivity index (χ1) is 7.08. The first-order valence-corrected chi connectivity index (χ1v) is 5.32. The van der Waals surface area contributed by atoms with Crippen LogP contribution < -0.4 is 10.6 Å². The Morgan fingerprint density at radius 3 is 2.67 bits per heavy atom. The SMILES string of the molecule is CC(CC(=O)O)NC(=O)CCNC1CC1. The van der Waals surface area contributed by atoms with Gasteiger partial charge in [-0.3, -0.25) is 9.59 Å². The van der Waals surface area contributed by atoms with Gasteiger partial charge in [0.2, 0.25) is 5.91 Å². The number of amides is 1. The number of hydrogen-bond donors (Lipinski definition) is 3. The highest BCUT2D eigenvalue weighted by Gasteiger charge is 2.20. The van der Waals surface area contributed by atoms with Crippen molar-refractivity contribution in [1.29, 1.82) is 0 Å². The summed E-state index contributed by atoms with van der Waals surface area (Å²) in [4.78, 5) is 21.6. The molecule has 15 heavy (non-hydrogen) atoms. The van der Waals surface area contributed by atoms with Gasteiger partial charge in [0, 0.05) is 25.0 Å². The molecule has 0 spiro atoms. The summed E-state index contributed by atoms with van der Waals surface area (Å²) < 4.78 is 0. The van der Waals surface area contributed by atoms with Crippen molar-refractivity contribution in [1.82, 2.24) is 10.6 Å². The van der Waals surface area contributed by atoms with Crippen LogP contribution in [0, 0.1) is 0 Å². The molecular weight excluding hydrogens is 196 g/mol. The molecule has 1 atom stereocenters. The molecule has 1 amide bonds. The van der Waals surface area contributed by atoms with Crippen molar-refractivity contribution in [3.05, 3.63) is 0 Å². The molecule has 5 heteroatoms. The molecule has 86 valence electrons. The zero-order valence-electron chi connectivity index (χ0n) is 8.95. The molecule has 1 aliphatic rings. The zero-order chi connectivity index (χ0) is 11.3. The number of aliphatic carboxylic acids is 1. The molecule has 1 unspecified atom stereocenters. The second-order valence-corrected chi connectivity index (χ2v) is 4.04. The van der Waals surface area contributed by atoms with Gasteiger partial charge in [0.25, 0.3) is 0 Å². The average Bonchev–Trinajstić information content (AvgIpc) is 2.85. The van der Waals surface area contributed by atoms with Crippen LogP contribution in [-0.4, -0.2) is 35.6 Å². The Bertz CT molecular complexity index is 239. The van der Waals surface area contributed by atoms with Crippen LogP contribution >= 0.6 is 0 Å². The van der Waals surface area contributed by atoms with Crippen molar-refractivity contribution in [2.24, 2.45) is 0 Å². The van der Waals surface area contributed by atoms with E-state index in [-0.39, 0.29) is 18.4 Å². The van der Waals surface area contributed by atoms with E-state index in [9.17, 15) is 9.59 Å². The standard InChI is InChI=1S/C10H18N2O3/c1-7(6-10(14)15)12-9(13)4-5-11-8-2-3-8/h7-8,11H,2-6H2,1H3,(H,12,13)(H,14,15). The lowest BCUT2D eigenvalue weighted by molar-refractivity contribution is -0.137. The van der Waals surface area contributed by atoms with Crippen LogP contribution in [0.1, 0.15) is 32.6 Å². The predicted molar refractivity (Wildman–Crippen MR) is 55.5 cm³/mol. The van der Waals surface area contributed by atoms with E-state index in [4.69, 9.17) is 5.11 Å². The lowest BCUT2D eigenvalue weighted by Gasteiger charge is -2.11. The number of carbonyl (C=O) groups is 2. The molecule has 1 rings (SSSR count). The highest BCUT2D eigenvalue weighted by Crippen LogP contribution is 2.18. The van der Waals surface area contributed by atoms with Crippen molar-refractivity contribution in [3.63, 3.8) is 0 Å². The van der Waals surface area contributed by atoms with Crippen LogP contribution in [0.5, 0.6) is 0 Å². The summed E-state index contributed by atoms with van der Waals surface area (Å²) in [6.45, 7) is 2.37. The fourth-order valence-corrected chi connectivity index (χ4v) is 1.34. The molecule has 0 saturated heterocycles. The van der Waals surface area contributed by atoms with Gasteiger partial charge in [0.05, 0.1) is 6.42 Å². The van der Waals surface area contributed by atoms with E-state index in [0.717, 1.165) is 0 Å². The third-order valence-electron chi connectivity index (χ3n) is 2.25. The Labute approximate surface area is 89.2 Å². The molecule has 0 heterocycles. The average molecular weight is 214 g/mol. The van der Waals surface area contributed by atoms with Gasteiger partial charge < -0.3 is 15.7 Å². The van der Waals surface area contributed by atoms with Crippen LogP contribution in [0.2, 0.25) is 0 Å². The summed E-state index contributed by atoms with van der Waals surface area (Å²) in [5.41, 5.74) is 0. The van der Waals surface area contributed by atoms with E-state index in [0.29, 0.717) is 19.0 Å².